The second-order valence-corrected chi connectivity index (χ2v) is 7.46. The van der Waals surface area contributed by atoms with Gasteiger partial charge in [0, 0.05) is 5.39 Å². The average molecular weight is 397 g/mol. The minimum Gasteiger partial charge on any atom is -0.493 e. The monoisotopic (exact) mass is 397 g/mol. The zero-order chi connectivity index (χ0) is 20.7. The normalized spacial score (nSPS) is 11.4. The van der Waals surface area contributed by atoms with Crippen molar-refractivity contribution in [3.63, 3.8) is 0 Å². The highest BCUT2D eigenvalue weighted by Gasteiger charge is 2.18. The second-order valence-electron chi connectivity index (χ2n) is 7.46. The molecule has 0 aliphatic rings. The van der Waals surface area contributed by atoms with Crippen molar-refractivity contribution in [3.8, 4) is 11.5 Å². The summed E-state index contributed by atoms with van der Waals surface area (Å²) in [6.45, 7) is 5.43. The molecule has 30 heavy (non-hydrogen) atoms. The molecule has 3 aromatic carbocycles. The van der Waals surface area contributed by atoms with Gasteiger partial charge in [-0.1, -0.05) is 36.4 Å². The van der Waals surface area contributed by atoms with Crippen LogP contribution in [0.3, 0.4) is 0 Å². The third kappa shape index (κ3) is 2.94. The van der Waals surface area contributed by atoms with Crippen molar-refractivity contribution < 1.29 is 9.47 Å². The zero-order valence-electron chi connectivity index (χ0n) is 17.3. The first kappa shape index (κ1) is 18.4. The number of hydrogen-bond donors (Lipinski definition) is 0. The van der Waals surface area contributed by atoms with Gasteiger partial charge in [0.05, 0.1) is 30.2 Å². The van der Waals surface area contributed by atoms with Crippen LogP contribution in [0.15, 0.2) is 60.7 Å². The van der Waals surface area contributed by atoms with Gasteiger partial charge in [0.2, 0.25) is 0 Å². The van der Waals surface area contributed by atoms with E-state index in [0.717, 1.165) is 33.7 Å². The topological polar surface area (TPSA) is 49.2 Å². The summed E-state index contributed by atoms with van der Waals surface area (Å²) >= 11 is 0. The van der Waals surface area contributed by atoms with Gasteiger partial charge in [-0.2, -0.15) is 0 Å². The fourth-order valence-electron chi connectivity index (χ4n) is 4.10. The first-order valence-electron chi connectivity index (χ1n) is 10.1. The van der Waals surface area contributed by atoms with Crippen LogP contribution in [0.4, 0.5) is 0 Å². The van der Waals surface area contributed by atoms with Crippen molar-refractivity contribution in [1.29, 1.82) is 0 Å². The molecule has 150 valence electrons. The number of hydrogen-bond acceptors (Lipinski definition) is 4. The fourth-order valence-corrected chi connectivity index (χ4v) is 4.10. The van der Waals surface area contributed by atoms with Crippen LogP contribution in [0.25, 0.3) is 33.1 Å². The molecule has 0 saturated heterocycles. The molecule has 2 heterocycles. The highest BCUT2D eigenvalue weighted by atomic mass is 16.5. The number of fused-ring (bicyclic) bond motifs is 4. The molecule has 5 heteroatoms. The van der Waals surface area contributed by atoms with Crippen LogP contribution in [0, 0.1) is 13.8 Å². The maximum atomic E-state index is 6.06. The van der Waals surface area contributed by atoms with Gasteiger partial charge < -0.3 is 14.0 Å². The molecule has 0 N–H and O–H groups in total. The van der Waals surface area contributed by atoms with E-state index >= 15 is 0 Å². The van der Waals surface area contributed by atoms with Gasteiger partial charge in [-0.15, -0.1) is 0 Å². The van der Waals surface area contributed by atoms with E-state index in [2.05, 4.69) is 30.5 Å². The predicted octanol–water partition coefficient (Wildman–Crippen LogP) is 5.44. The number of benzene rings is 3. The van der Waals surface area contributed by atoms with E-state index in [4.69, 9.17) is 19.4 Å². The molecule has 5 nitrogen and oxygen atoms in total. The van der Waals surface area contributed by atoms with Gasteiger partial charge >= 0.3 is 0 Å². The minimum atomic E-state index is 0.501. The number of aryl methyl sites for hydroxylation is 2. The first-order chi connectivity index (χ1) is 14.7. The van der Waals surface area contributed by atoms with E-state index in [9.17, 15) is 0 Å². The molecule has 0 radical (unpaired) electrons. The standard InChI is InChI=1S/C25H23N3O2/c1-16-12-13-17(2)24-22(16)23-25(27-19-9-5-4-8-18(19)26-23)28(24)14-15-30-21-11-7-6-10-20(21)29-3/h4-13H,14-15H2,1-3H3. The number of rotatable bonds is 5. The van der Waals surface area contributed by atoms with Crippen molar-refractivity contribution in [1.82, 2.24) is 14.5 Å². The lowest BCUT2D eigenvalue weighted by atomic mass is 10.1. The molecule has 5 rings (SSSR count). The molecule has 0 aliphatic heterocycles. The Balaban J connectivity index is 1.64. The first-order valence-corrected chi connectivity index (χ1v) is 10.1. The number of para-hydroxylation sites is 4. The van der Waals surface area contributed by atoms with Crippen molar-refractivity contribution in [2.45, 2.75) is 20.4 Å². The second kappa shape index (κ2) is 7.34. The molecule has 5 aromatic rings. The Morgan fingerprint density at radius 2 is 1.47 bits per heavy atom. The average Bonchev–Trinajstić information content (AvgIpc) is 3.09. The van der Waals surface area contributed by atoms with Gasteiger partial charge in [-0.05, 0) is 49.2 Å². The Morgan fingerprint density at radius 3 is 2.23 bits per heavy atom. The van der Waals surface area contributed by atoms with E-state index < -0.39 is 0 Å². The number of ether oxygens (including phenoxy) is 2. The van der Waals surface area contributed by atoms with Crippen LogP contribution in [0.5, 0.6) is 11.5 Å². The summed E-state index contributed by atoms with van der Waals surface area (Å²) in [7, 11) is 1.65. The zero-order valence-corrected chi connectivity index (χ0v) is 17.3. The summed E-state index contributed by atoms with van der Waals surface area (Å²) < 4.78 is 13.7. The Kier molecular flexibility index (Phi) is 4.51. The molecule has 0 unspecified atom stereocenters. The largest absolute Gasteiger partial charge is 0.493 e. The van der Waals surface area contributed by atoms with Crippen LogP contribution in [0.2, 0.25) is 0 Å². The maximum absolute atomic E-state index is 6.06. The van der Waals surface area contributed by atoms with E-state index in [-0.39, 0.29) is 0 Å². The summed E-state index contributed by atoms with van der Waals surface area (Å²) in [6.07, 6.45) is 0. The predicted molar refractivity (Wildman–Crippen MR) is 121 cm³/mol. The molecule has 0 spiro atoms. The van der Waals surface area contributed by atoms with Crippen LogP contribution in [0.1, 0.15) is 11.1 Å². The SMILES string of the molecule is COc1ccccc1OCCn1c2nc3ccccc3nc2c2c(C)ccc(C)c21. The van der Waals surface area contributed by atoms with Gasteiger partial charge in [-0.25, -0.2) is 9.97 Å². The number of nitrogens with zero attached hydrogens (tertiary/aromatic N) is 3. The van der Waals surface area contributed by atoms with Crippen LogP contribution in [-0.4, -0.2) is 28.3 Å². The summed E-state index contributed by atoms with van der Waals surface area (Å²) in [5, 5.41) is 1.17. The van der Waals surface area contributed by atoms with Crippen LogP contribution in [-0.2, 0) is 6.54 Å². The maximum Gasteiger partial charge on any atom is 0.161 e. The van der Waals surface area contributed by atoms with Gasteiger partial charge in [0.15, 0.2) is 17.1 Å². The lowest BCUT2D eigenvalue weighted by Gasteiger charge is -2.12. The lowest BCUT2D eigenvalue weighted by Crippen LogP contribution is -2.10. The fraction of sp³-hybridized carbons (Fsp3) is 0.200. The highest BCUT2D eigenvalue weighted by molar-refractivity contribution is 6.09. The Labute approximate surface area is 174 Å². The van der Waals surface area contributed by atoms with E-state index in [1.54, 1.807) is 7.11 Å². The lowest BCUT2D eigenvalue weighted by molar-refractivity contribution is 0.282. The van der Waals surface area contributed by atoms with Gasteiger partial charge in [0.25, 0.3) is 0 Å². The summed E-state index contributed by atoms with van der Waals surface area (Å²) in [4.78, 5) is 9.95. The molecular formula is C25H23N3O2. The number of aromatic nitrogens is 3. The molecule has 2 aromatic heterocycles. The molecule has 0 bridgehead atoms. The molecule has 0 saturated carbocycles. The van der Waals surface area contributed by atoms with Crippen molar-refractivity contribution in [3.05, 3.63) is 71.8 Å². The quantitative estimate of drug-likeness (QED) is 0.396. The van der Waals surface area contributed by atoms with Gasteiger partial charge in [0.1, 0.15) is 12.1 Å². The van der Waals surface area contributed by atoms with Crippen molar-refractivity contribution in [2.24, 2.45) is 0 Å². The minimum absolute atomic E-state index is 0.501. The third-order valence-electron chi connectivity index (χ3n) is 5.54. The Morgan fingerprint density at radius 1 is 0.800 bits per heavy atom. The third-order valence-corrected chi connectivity index (χ3v) is 5.54. The molecule has 0 atom stereocenters. The van der Waals surface area contributed by atoms with E-state index in [1.165, 1.54) is 22.0 Å². The Hall–Kier alpha value is -3.60. The number of methoxy groups -OCH3 is 1. The van der Waals surface area contributed by atoms with E-state index in [1.807, 2.05) is 48.5 Å². The smallest absolute Gasteiger partial charge is 0.161 e. The summed E-state index contributed by atoms with van der Waals surface area (Å²) in [6, 6.07) is 20.1. The van der Waals surface area contributed by atoms with Crippen molar-refractivity contribution in [2.75, 3.05) is 13.7 Å². The Bertz CT molecular complexity index is 1390. The summed E-state index contributed by atoms with van der Waals surface area (Å²) in [5.74, 6) is 1.47. The molecule has 0 amide bonds. The summed E-state index contributed by atoms with van der Waals surface area (Å²) in [5.41, 5.74) is 7.23. The van der Waals surface area contributed by atoms with Gasteiger partial charge in [-0.3, -0.25) is 0 Å². The van der Waals surface area contributed by atoms with Crippen LogP contribution >= 0.6 is 0 Å². The molecular weight excluding hydrogens is 374 g/mol. The van der Waals surface area contributed by atoms with Crippen molar-refractivity contribution >= 4 is 33.1 Å². The molecule has 0 aliphatic carbocycles. The molecule has 0 fully saturated rings. The van der Waals surface area contributed by atoms with E-state index in [0.29, 0.717) is 13.2 Å². The van der Waals surface area contributed by atoms with Crippen LogP contribution < -0.4 is 9.47 Å². The highest BCUT2D eigenvalue weighted by Crippen LogP contribution is 2.33.